The van der Waals surface area contributed by atoms with E-state index in [2.05, 4.69) is 6.92 Å². The molecule has 3 nitrogen and oxygen atoms in total. The molecule has 5 heteroatoms. The number of alkyl halides is 2. The molecule has 0 saturated heterocycles. The van der Waals surface area contributed by atoms with E-state index in [9.17, 15) is 9.90 Å². The largest absolute Gasteiger partial charge is 0.494 e. The lowest BCUT2D eigenvalue weighted by molar-refractivity contribution is -0.160. The molecule has 1 N–H and O–H groups in total. The van der Waals surface area contributed by atoms with Crippen LogP contribution in [0.4, 0.5) is 8.78 Å². The SMILES string of the molecule is CCCC1CCC(C2CCC(C(F)C(F)(C(=O)O)c3ccc(OCC)cc3)CC2)CC1. The highest BCUT2D eigenvalue weighted by Gasteiger charge is 2.53. The number of hydrogen-bond acceptors (Lipinski definition) is 2. The highest BCUT2D eigenvalue weighted by Crippen LogP contribution is 2.46. The Morgan fingerprint density at radius 3 is 2.06 bits per heavy atom. The predicted octanol–water partition coefficient (Wildman–Crippen LogP) is 7.09. The van der Waals surface area contributed by atoms with Crippen molar-refractivity contribution in [2.75, 3.05) is 6.61 Å². The molecule has 2 aliphatic rings. The van der Waals surface area contributed by atoms with Crippen molar-refractivity contribution in [2.24, 2.45) is 23.7 Å². The Bertz CT molecular complexity index is 691. The fourth-order valence-electron chi connectivity index (χ4n) is 5.95. The standard InChI is InChI=1S/C26H38F2O3/c1-3-5-18-6-8-19(9-7-18)20-10-12-21(13-11-20)24(27)26(28,25(29)30)22-14-16-23(17-15-22)31-4-2/h14-21,24H,3-13H2,1-2H3,(H,29,30). The van der Waals surface area contributed by atoms with Crippen molar-refractivity contribution in [3.05, 3.63) is 29.8 Å². The first-order chi connectivity index (χ1) is 14.9. The number of carboxylic acid groups (broad SMARTS) is 1. The van der Waals surface area contributed by atoms with Gasteiger partial charge in [0.25, 0.3) is 5.67 Å². The van der Waals surface area contributed by atoms with Crippen LogP contribution in [0, 0.1) is 23.7 Å². The average molecular weight is 437 g/mol. The maximum Gasteiger partial charge on any atom is 0.349 e. The van der Waals surface area contributed by atoms with Crippen LogP contribution in [0.5, 0.6) is 5.75 Å². The molecule has 31 heavy (non-hydrogen) atoms. The summed E-state index contributed by atoms with van der Waals surface area (Å²) >= 11 is 0. The number of rotatable bonds is 9. The first-order valence-electron chi connectivity index (χ1n) is 12.2. The number of halogens is 2. The van der Waals surface area contributed by atoms with Crippen LogP contribution in [0.2, 0.25) is 0 Å². The molecule has 2 saturated carbocycles. The first-order valence-corrected chi connectivity index (χ1v) is 12.2. The number of carboxylic acids is 1. The van der Waals surface area contributed by atoms with Crippen molar-refractivity contribution in [1.82, 2.24) is 0 Å². The van der Waals surface area contributed by atoms with Gasteiger partial charge in [0.1, 0.15) is 5.75 Å². The van der Waals surface area contributed by atoms with Gasteiger partial charge in [0.2, 0.25) is 0 Å². The number of ether oxygens (including phenoxy) is 1. The second-order valence-electron chi connectivity index (χ2n) is 9.62. The summed E-state index contributed by atoms with van der Waals surface area (Å²) in [4.78, 5) is 11.9. The van der Waals surface area contributed by atoms with Crippen LogP contribution in [-0.4, -0.2) is 23.9 Å². The second-order valence-corrected chi connectivity index (χ2v) is 9.62. The van der Waals surface area contributed by atoms with Crippen molar-refractivity contribution >= 4 is 5.97 Å². The van der Waals surface area contributed by atoms with Crippen molar-refractivity contribution in [1.29, 1.82) is 0 Å². The third-order valence-electron chi connectivity index (χ3n) is 7.76. The summed E-state index contributed by atoms with van der Waals surface area (Å²) in [6.45, 7) is 4.53. The summed E-state index contributed by atoms with van der Waals surface area (Å²) in [5, 5.41) is 9.64. The van der Waals surface area contributed by atoms with Gasteiger partial charge in [0.05, 0.1) is 6.61 Å². The predicted molar refractivity (Wildman–Crippen MR) is 119 cm³/mol. The van der Waals surface area contributed by atoms with Gasteiger partial charge in [-0.15, -0.1) is 0 Å². The summed E-state index contributed by atoms with van der Waals surface area (Å²) < 4.78 is 36.5. The Morgan fingerprint density at radius 1 is 1.03 bits per heavy atom. The van der Waals surface area contributed by atoms with E-state index in [4.69, 9.17) is 4.74 Å². The van der Waals surface area contributed by atoms with Gasteiger partial charge in [-0.3, -0.25) is 0 Å². The van der Waals surface area contributed by atoms with E-state index in [0.717, 1.165) is 18.8 Å². The molecular weight excluding hydrogens is 398 g/mol. The zero-order valence-corrected chi connectivity index (χ0v) is 19.0. The van der Waals surface area contributed by atoms with Crippen LogP contribution in [0.25, 0.3) is 0 Å². The van der Waals surface area contributed by atoms with Crippen molar-refractivity contribution in [3.63, 3.8) is 0 Å². The van der Waals surface area contributed by atoms with Crippen LogP contribution >= 0.6 is 0 Å². The Balaban J connectivity index is 1.61. The molecule has 1 aromatic rings. The molecule has 0 aliphatic heterocycles. The number of hydrogen-bond donors (Lipinski definition) is 1. The van der Waals surface area contributed by atoms with Crippen molar-refractivity contribution < 1.29 is 23.4 Å². The minimum atomic E-state index is -3.03. The zero-order valence-electron chi connectivity index (χ0n) is 19.0. The van der Waals surface area contributed by atoms with Crippen molar-refractivity contribution in [3.8, 4) is 5.75 Å². The molecule has 0 amide bonds. The van der Waals surface area contributed by atoms with Gasteiger partial charge in [0, 0.05) is 5.56 Å². The lowest BCUT2D eigenvalue weighted by Gasteiger charge is -2.40. The third kappa shape index (κ3) is 5.40. The van der Waals surface area contributed by atoms with Crippen molar-refractivity contribution in [2.45, 2.75) is 89.9 Å². The fourth-order valence-corrected chi connectivity index (χ4v) is 5.95. The van der Waals surface area contributed by atoms with E-state index >= 15 is 8.78 Å². The Labute approximate surface area is 185 Å². The molecule has 0 bridgehead atoms. The van der Waals surface area contributed by atoms with E-state index in [-0.39, 0.29) is 5.56 Å². The summed E-state index contributed by atoms with van der Waals surface area (Å²) in [7, 11) is 0. The van der Waals surface area contributed by atoms with Crippen LogP contribution in [0.3, 0.4) is 0 Å². The molecule has 0 radical (unpaired) electrons. The minimum absolute atomic E-state index is 0.146. The van der Waals surface area contributed by atoms with E-state index < -0.39 is 23.7 Å². The Morgan fingerprint density at radius 2 is 1.58 bits per heavy atom. The number of benzene rings is 1. The molecule has 2 unspecified atom stereocenters. The van der Waals surface area contributed by atoms with Gasteiger partial charge in [0.15, 0.2) is 6.17 Å². The first kappa shape index (κ1) is 24.0. The molecule has 3 rings (SSSR count). The molecule has 2 aliphatic carbocycles. The van der Waals surface area contributed by atoms with Gasteiger partial charge >= 0.3 is 5.97 Å². The monoisotopic (exact) mass is 436 g/mol. The molecule has 2 fully saturated rings. The van der Waals surface area contributed by atoms with E-state index in [0.29, 0.717) is 37.0 Å². The second kappa shape index (κ2) is 10.8. The lowest BCUT2D eigenvalue weighted by atomic mass is 9.67. The summed E-state index contributed by atoms with van der Waals surface area (Å²) in [6.07, 6.45) is 8.53. The number of carbonyl (C=O) groups is 1. The Hall–Kier alpha value is -1.65. The van der Waals surface area contributed by atoms with Gasteiger partial charge in [-0.1, -0.05) is 44.7 Å². The summed E-state index contributed by atoms with van der Waals surface area (Å²) in [6, 6.07) is 5.70. The van der Waals surface area contributed by atoms with Crippen LogP contribution in [-0.2, 0) is 10.5 Å². The molecule has 0 aromatic heterocycles. The van der Waals surface area contributed by atoms with E-state index in [1.165, 1.54) is 62.8 Å². The molecule has 0 spiro atoms. The molecular formula is C26H38F2O3. The van der Waals surface area contributed by atoms with E-state index in [1.54, 1.807) is 0 Å². The van der Waals surface area contributed by atoms with Gasteiger partial charge in [-0.2, -0.15) is 0 Å². The highest BCUT2D eigenvalue weighted by molar-refractivity contribution is 5.80. The lowest BCUT2D eigenvalue weighted by Crippen LogP contribution is -2.45. The summed E-state index contributed by atoms with van der Waals surface area (Å²) in [5.41, 5.74) is -3.17. The van der Waals surface area contributed by atoms with Crippen LogP contribution < -0.4 is 4.74 Å². The average Bonchev–Trinajstić information content (AvgIpc) is 2.79. The quantitative estimate of drug-likeness (QED) is 0.450. The number of aliphatic carboxylic acids is 1. The maximum atomic E-state index is 15.7. The molecule has 0 heterocycles. The Kier molecular flexibility index (Phi) is 8.35. The van der Waals surface area contributed by atoms with Crippen LogP contribution in [0.15, 0.2) is 24.3 Å². The highest BCUT2D eigenvalue weighted by atomic mass is 19.2. The third-order valence-corrected chi connectivity index (χ3v) is 7.76. The van der Waals surface area contributed by atoms with Crippen LogP contribution in [0.1, 0.15) is 83.6 Å². The molecule has 2 atom stereocenters. The zero-order chi connectivity index (χ0) is 22.4. The molecule has 174 valence electrons. The van der Waals surface area contributed by atoms with E-state index in [1.807, 2.05) is 6.92 Å². The smallest absolute Gasteiger partial charge is 0.349 e. The normalized spacial score (nSPS) is 29.7. The van der Waals surface area contributed by atoms with Gasteiger partial charge < -0.3 is 9.84 Å². The van der Waals surface area contributed by atoms with Gasteiger partial charge in [-0.05, 0) is 81.3 Å². The molecule has 1 aromatic carbocycles. The summed E-state index contributed by atoms with van der Waals surface area (Å²) in [5.74, 6) is 0.359. The topological polar surface area (TPSA) is 46.5 Å². The maximum absolute atomic E-state index is 15.7. The van der Waals surface area contributed by atoms with Gasteiger partial charge in [-0.25, -0.2) is 13.6 Å². The minimum Gasteiger partial charge on any atom is -0.494 e. The fraction of sp³-hybridized carbons (Fsp3) is 0.731.